The molecule has 0 radical (unpaired) electrons. The zero-order valence-electron chi connectivity index (χ0n) is 8.64. The molecule has 0 spiro atoms. The largest absolute Gasteiger partial charge is 0.373 e. The van der Waals surface area contributed by atoms with Crippen molar-refractivity contribution in [3.63, 3.8) is 0 Å². The number of hydrogen-bond donors (Lipinski definition) is 0. The fourth-order valence-corrected chi connectivity index (χ4v) is 1.99. The Labute approximate surface area is 76.5 Å². The Morgan fingerprint density at radius 1 is 1.58 bits per heavy atom. The maximum Gasteiger partial charge on any atom is 0.0259 e. The summed E-state index contributed by atoms with van der Waals surface area (Å²) < 4.78 is 0. The Bertz CT molecular complexity index is 160. The minimum atomic E-state index is 0.733. The SMILES string of the molecule is C=C(CC(C)C)N1CCCC1C. The molecule has 1 fully saturated rings. The normalized spacial score (nSPS) is 23.7. The molecule has 0 N–H and O–H groups in total. The summed E-state index contributed by atoms with van der Waals surface area (Å²) in [7, 11) is 0. The van der Waals surface area contributed by atoms with Crippen LogP contribution in [-0.4, -0.2) is 17.5 Å². The lowest BCUT2D eigenvalue weighted by Gasteiger charge is -2.26. The molecule has 70 valence electrons. The summed E-state index contributed by atoms with van der Waals surface area (Å²) in [6.07, 6.45) is 3.85. The Morgan fingerprint density at radius 3 is 2.67 bits per heavy atom. The van der Waals surface area contributed by atoms with Gasteiger partial charge in [0.05, 0.1) is 0 Å². The van der Waals surface area contributed by atoms with E-state index in [0.29, 0.717) is 0 Å². The molecule has 1 heterocycles. The lowest BCUT2D eigenvalue weighted by atomic mass is 10.1. The highest BCUT2D eigenvalue weighted by Gasteiger charge is 2.21. The molecule has 1 aliphatic rings. The summed E-state index contributed by atoms with van der Waals surface area (Å²) >= 11 is 0. The van der Waals surface area contributed by atoms with Crippen LogP contribution in [0.15, 0.2) is 12.3 Å². The molecule has 0 aliphatic carbocycles. The van der Waals surface area contributed by atoms with Gasteiger partial charge in [0, 0.05) is 18.3 Å². The average molecular weight is 167 g/mol. The summed E-state index contributed by atoms with van der Waals surface area (Å²) in [4.78, 5) is 2.47. The Hall–Kier alpha value is -0.460. The zero-order chi connectivity index (χ0) is 9.14. The topological polar surface area (TPSA) is 3.24 Å². The Kier molecular flexibility index (Phi) is 3.19. The molecule has 0 saturated carbocycles. The summed E-state index contributed by atoms with van der Waals surface area (Å²) in [6, 6.07) is 0.733. The average Bonchev–Trinajstić information content (AvgIpc) is 2.33. The van der Waals surface area contributed by atoms with Crippen LogP contribution < -0.4 is 0 Å². The predicted molar refractivity (Wildman–Crippen MR) is 54.0 cm³/mol. The van der Waals surface area contributed by atoms with E-state index in [0.717, 1.165) is 18.4 Å². The third-order valence-electron chi connectivity index (χ3n) is 2.60. The van der Waals surface area contributed by atoms with Crippen LogP contribution in [0.2, 0.25) is 0 Å². The second-order valence-electron chi connectivity index (χ2n) is 4.35. The number of hydrogen-bond acceptors (Lipinski definition) is 1. The van der Waals surface area contributed by atoms with Crippen LogP contribution in [0.3, 0.4) is 0 Å². The molecule has 0 amide bonds. The maximum absolute atomic E-state index is 4.15. The van der Waals surface area contributed by atoms with Crippen LogP contribution >= 0.6 is 0 Å². The molecule has 1 unspecified atom stereocenters. The summed E-state index contributed by atoms with van der Waals surface area (Å²) in [6.45, 7) is 12.2. The Balaban J connectivity index is 2.41. The lowest BCUT2D eigenvalue weighted by molar-refractivity contribution is 0.318. The third kappa shape index (κ3) is 2.26. The van der Waals surface area contributed by atoms with Gasteiger partial charge in [-0.3, -0.25) is 0 Å². The second kappa shape index (κ2) is 3.97. The van der Waals surface area contributed by atoms with Crippen molar-refractivity contribution in [2.45, 2.75) is 46.1 Å². The predicted octanol–water partition coefficient (Wildman–Crippen LogP) is 3.03. The van der Waals surface area contributed by atoms with Crippen LogP contribution in [0.5, 0.6) is 0 Å². The van der Waals surface area contributed by atoms with Gasteiger partial charge in [-0.25, -0.2) is 0 Å². The van der Waals surface area contributed by atoms with Gasteiger partial charge in [0.15, 0.2) is 0 Å². The first-order valence-corrected chi connectivity index (χ1v) is 5.05. The molecule has 0 bridgehead atoms. The van der Waals surface area contributed by atoms with Crippen LogP contribution in [-0.2, 0) is 0 Å². The van der Waals surface area contributed by atoms with Gasteiger partial charge < -0.3 is 4.90 Å². The van der Waals surface area contributed by atoms with Crippen molar-refractivity contribution in [1.82, 2.24) is 4.90 Å². The van der Waals surface area contributed by atoms with Gasteiger partial charge in [0.25, 0.3) is 0 Å². The van der Waals surface area contributed by atoms with E-state index in [4.69, 9.17) is 0 Å². The first-order chi connectivity index (χ1) is 5.61. The van der Waals surface area contributed by atoms with E-state index in [-0.39, 0.29) is 0 Å². The van der Waals surface area contributed by atoms with Crippen LogP contribution in [0.1, 0.15) is 40.0 Å². The first kappa shape index (κ1) is 9.63. The van der Waals surface area contributed by atoms with Crippen molar-refractivity contribution in [3.05, 3.63) is 12.3 Å². The highest BCUT2D eigenvalue weighted by molar-refractivity contribution is 4.99. The second-order valence-corrected chi connectivity index (χ2v) is 4.35. The molecular formula is C11H21N. The molecule has 0 aromatic carbocycles. The van der Waals surface area contributed by atoms with Gasteiger partial charge in [-0.2, -0.15) is 0 Å². The molecule has 1 aliphatic heterocycles. The quantitative estimate of drug-likeness (QED) is 0.624. The van der Waals surface area contributed by atoms with Crippen molar-refractivity contribution in [2.24, 2.45) is 5.92 Å². The highest BCUT2D eigenvalue weighted by Crippen LogP contribution is 2.24. The molecule has 1 atom stereocenters. The summed E-state index contributed by atoms with van der Waals surface area (Å²) in [5.74, 6) is 0.741. The maximum atomic E-state index is 4.15. The zero-order valence-corrected chi connectivity index (χ0v) is 8.64. The standard InChI is InChI=1S/C11H21N/c1-9(2)8-11(4)12-7-5-6-10(12)3/h9-10H,4-8H2,1-3H3. The minimum Gasteiger partial charge on any atom is -0.373 e. The minimum absolute atomic E-state index is 0.733. The number of likely N-dealkylation sites (tertiary alicyclic amines) is 1. The molecule has 1 heteroatoms. The summed E-state index contributed by atoms with van der Waals surface area (Å²) in [5.41, 5.74) is 1.34. The smallest absolute Gasteiger partial charge is 0.0259 e. The molecule has 0 aromatic heterocycles. The number of nitrogens with zero attached hydrogens (tertiary/aromatic N) is 1. The molecule has 1 saturated heterocycles. The summed E-state index contributed by atoms with van der Waals surface area (Å²) in [5, 5.41) is 0. The van der Waals surface area contributed by atoms with Gasteiger partial charge in [-0.1, -0.05) is 20.4 Å². The number of rotatable bonds is 3. The van der Waals surface area contributed by atoms with Gasteiger partial charge in [-0.05, 0) is 32.1 Å². The van der Waals surface area contributed by atoms with E-state index in [1.807, 2.05) is 0 Å². The monoisotopic (exact) mass is 167 g/mol. The van der Waals surface area contributed by atoms with Crippen molar-refractivity contribution >= 4 is 0 Å². The van der Waals surface area contributed by atoms with Crippen LogP contribution in [0.4, 0.5) is 0 Å². The van der Waals surface area contributed by atoms with Crippen molar-refractivity contribution in [2.75, 3.05) is 6.54 Å². The van der Waals surface area contributed by atoms with Crippen molar-refractivity contribution < 1.29 is 0 Å². The van der Waals surface area contributed by atoms with Gasteiger partial charge in [0.1, 0.15) is 0 Å². The van der Waals surface area contributed by atoms with E-state index in [2.05, 4.69) is 32.3 Å². The van der Waals surface area contributed by atoms with E-state index in [9.17, 15) is 0 Å². The first-order valence-electron chi connectivity index (χ1n) is 5.05. The van der Waals surface area contributed by atoms with Crippen LogP contribution in [0, 0.1) is 5.92 Å². The van der Waals surface area contributed by atoms with E-state index >= 15 is 0 Å². The highest BCUT2D eigenvalue weighted by atomic mass is 15.2. The molecular weight excluding hydrogens is 146 g/mol. The Morgan fingerprint density at radius 2 is 2.25 bits per heavy atom. The fraction of sp³-hybridized carbons (Fsp3) is 0.818. The molecule has 1 rings (SSSR count). The van der Waals surface area contributed by atoms with Crippen LogP contribution in [0.25, 0.3) is 0 Å². The fourth-order valence-electron chi connectivity index (χ4n) is 1.99. The third-order valence-corrected chi connectivity index (χ3v) is 2.60. The number of allylic oxidation sites excluding steroid dienone is 1. The van der Waals surface area contributed by atoms with E-state index < -0.39 is 0 Å². The van der Waals surface area contributed by atoms with Crippen molar-refractivity contribution in [1.29, 1.82) is 0 Å². The van der Waals surface area contributed by atoms with Gasteiger partial charge in [-0.15, -0.1) is 0 Å². The van der Waals surface area contributed by atoms with E-state index in [1.54, 1.807) is 0 Å². The molecule has 12 heavy (non-hydrogen) atoms. The molecule has 1 nitrogen and oxygen atoms in total. The molecule has 0 aromatic rings. The van der Waals surface area contributed by atoms with Gasteiger partial charge in [0.2, 0.25) is 0 Å². The van der Waals surface area contributed by atoms with Crippen molar-refractivity contribution in [3.8, 4) is 0 Å². The van der Waals surface area contributed by atoms with E-state index in [1.165, 1.54) is 25.1 Å². The van der Waals surface area contributed by atoms with Gasteiger partial charge >= 0.3 is 0 Å². The lowest BCUT2D eigenvalue weighted by Crippen LogP contribution is -2.26.